The van der Waals surface area contributed by atoms with Crippen LogP contribution in [0.25, 0.3) is 0 Å². The van der Waals surface area contributed by atoms with Crippen LogP contribution in [0.5, 0.6) is 0 Å². The highest BCUT2D eigenvalue weighted by atomic mass is 32.2. The van der Waals surface area contributed by atoms with Gasteiger partial charge in [-0.15, -0.1) is 0 Å². The van der Waals surface area contributed by atoms with Crippen molar-refractivity contribution in [3.63, 3.8) is 0 Å². The van der Waals surface area contributed by atoms with Crippen molar-refractivity contribution in [2.45, 2.75) is 10.7 Å². The second-order valence-corrected chi connectivity index (χ2v) is 5.02. The second-order valence-electron chi connectivity index (χ2n) is 3.95. The van der Waals surface area contributed by atoms with E-state index in [0.717, 1.165) is 18.2 Å². The lowest BCUT2D eigenvalue weighted by atomic mass is 10.2. The zero-order chi connectivity index (χ0) is 15.4. The Morgan fingerprint density at radius 3 is 2.10 bits per heavy atom. The number of rotatable bonds is 4. The molecular formula is C14H9F4NOS. The molecule has 2 aromatic carbocycles. The van der Waals surface area contributed by atoms with Crippen LogP contribution in [0.4, 0.5) is 23.2 Å². The maximum absolute atomic E-state index is 13.4. The third-order valence-electron chi connectivity index (χ3n) is 2.53. The third kappa shape index (κ3) is 3.98. The average Bonchev–Trinajstić information content (AvgIpc) is 2.40. The molecule has 0 saturated carbocycles. The standard InChI is InChI=1S/C14H9F4NOS/c15-10-2-1-3-11(16)12(10)13(20)19-8-4-6-9(7-5-8)21-14(17)18/h1-7,14H,(H,19,20). The fourth-order valence-electron chi connectivity index (χ4n) is 1.63. The number of hydrogen-bond donors (Lipinski definition) is 1. The van der Waals surface area contributed by atoms with Gasteiger partial charge in [0.2, 0.25) is 0 Å². The largest absolute Gasteiger partial charge is 0.322 e. The van der Waals surface area contributed by atoms with E-state index in [1.807, 2.05) is 0 Å². The number of alkyl halides is 2. The summed E-state index contributed by atoms with van der Waals surface area (Å²) in [6.07, 6.45) is 0. The molecule has 2 aromatic rings. The molecule has 7 heteroatoms. The van der Waals surface area contributed by atoms with Crippen molar-refractivity contribution in [3.8, 4) is 0 Å². The molecule has 0 aliphatic carbocycles. The fraction of sp³-hybridized carbons (Fsp3) is 0.0714. The fourth-order valence-corrected chi connectivity index (χ4v) is 2.13. The van der Waals surface area contributed by atoms with Gasteiger partial charge in [-0.05, 0) is 36.4 Å². The molecule has 0 radical (unpaired) electrons. The van der Waals surface area contributed by atoms with Crippen LogP contribution in [0.2, 0.25) is 0 Å². The first kappa shape index (κ1) is 15.4. The van der Waals surface area contributed by atoms with Gasteiger partial charge in [0.15, 0.2) is 0 Å². The van der Waals surface area contributed by atoms with Gasteiger partial charge < -0.3 is 5.32 Å². The molecule has 0 fully saturated rings. The number of nitrogens with one attached hydrogen (secondary N) is 1. The van der Waals surface area contributed by atoms with Gasteiger partial charge in [0, 0.05) is 10.6 Å². The van der Waals surface area contributed by atoms with E-state index in [1.165, 1.54) is 24.3 Å². The van der Waals surface area contributed by atoms with Crippen LogP contribution >= 0.6 is 11.8 Å². The molecule has 0 aromatic heterocycles. The minimum absolute atomic E-state index is 0.251. The van der Waals surface area contributed by atoms with E-state index < -0.39 is 28.9 Å². The van der Waals surface area contributed by atoms with E-state index in [9.17, 15) is 22.4 Å². The van der Waals surface area contributed by atoms with Crippen LogP contribution in [0, 0.1) is 11.6 Å². The molecule has 0 aliphatic rings. The number of carbonyl (C=O) groups excluding carboxylic acids is 1. The molecule has 21 heavy (non-hydrogen) atoms. The minimum atomic E-state index is -2.54. The highest BCUT2D eigenvalue weighted by molar-refractivity contribution is 7.99. The summed E-state index contributed by atoms with van der Waals surface area (Å²) in [7, 11) is 0. The molecule has 1 N–H and O–H groups in total. The maximum Gasteiger partial charge on any atom is 0.288 e. The molecular weight excluding hydrogens is 306 g/mol. The van der Waals surface area contributed by atoms with Crippen molar-refractivity contribution >= 4 is 23.4 Å². The molecule has 2 rings (SSSR count). The number of carbonyl (C=O) groups is 1. The number of halogens is 4. The molecule has 0 bridgehead atoms. The third-order valence-corrected chi connectivity index (χ3v) is 3.25. The van der Waals surface area contributed by atoms with Gasteiger partial charge in [-0.25, -0.2) is 8.78 Å². The van der Waals surface area contributed by atoms with Crippen LogP contribution in [0.3, 0.4) is 0 Å². The predicted molar refractivity (Wildman–Crippen MR) is 72.6 cm³/mol. The summed E-state index contributed by atoms with van der Waals surface area (Å²) in [5, 5.41) is 2.30. The first-order valence-electron chi connectivity index (χ1n) is 5.77. The Morgan fingerprint density at radius 1 is 1.00 bits per heavy atom. The zero-order valence-corrected chi connectivity index (χ0v) is 11.3. The molecule has 0 heterocycles. The molecule has 110 valence electrons. The predicted octanol–water partition coefficient (Wildman–Crippen LogP) is 4.53. The van der Waals surface area contributed by atoms with Gasteiger partial charge >= 0.3 is 0 Å². The van der Waals surface area contributed by atoms with Gasteiger partial charge in [-0.3, -0.25) is 4.79 Å². The normalized spacial score (nSPS) is 10.7. The molecule has 0 spiro atoms. The van der Waals surface area contributed by atoms with E-state index >= 15 is 0 Å². The van der Waals surface area contributed by atoms with Crippen LogP contribution in [0.15, 0.2) is 47.4 Å². The number of amides is 1. The Hall–Kier alpha value is -2.02. The van der Waals surface area contributed by atoms with Crippen molar-refractivity contribution < 1.29 is 22.4 Å². The van der Waals surface area contributed by atoms with Gasteiger partial charge in [0.05, 0.1) is 0 Å². The average molecular weight is 315 g/mol. The highest BCUT2D eigenvalue weighted by Gasteiger charge is 2.17. The molecule has 2 nitrogen and oxygen atoms in total. The Balaban J connectivity index is 2.13. The van der Waals surface area contributed by atoms with Crippen molar-refractivity contribution in [2.24, 2.45) is 0 Å². The number of anilines is 1. The van der Waals surface area contributed by atoms with Crippen LogP contribution in [0.1, 0.15) is 10.4 Å². The lowest BCUT2D eigenvalue weighted by Gasteiger charge is -2.08. The summed E-state index contributed by atoms with van der Waals surface area (Å²) in [6.45, 7) is 0. The maximum atomic E-state index is 13.4. The van der Waals surface area contributed by atoms with Crippen molar-refractivity contribution in [1.82, 2.24) is 0 Å². The quantitative estimate of drug-likeness (QED) is 0.663. The highest BCUT2D eigenvalue weighted by Crippen LogP contribution is 2.26. The Bertz CT molecular complexity index is 626. The number of thioether (sulfide) groups is 1. The summed E-state index contributed by atoms with van der Waals surface area (Å²) >= 11 is 0.361. The lowest BCUT2D eigenvalue weighted by Crippen LogP contribution is -2.15. The zero-order valence-electron chi connectivity index (χ0n) is 10.4. The molecule has 0 aliphatic heterocycles. The van der Waals surface area contributed by atoms with E-state index in [4.69, 9.17) is 0 Å². The summed E-state index contributed by atoms with van der Waals surface area (Å²) < 4.78 is 51.1. The van der Waals surface area contributed by atoms with Crippen molar-refractivity contribution in [2.75, 3.05) is 5.32 Å². The Kier molecular flexibility index (Phi) is 4.85. The summed E-state index contributed by atoms with van der Waals surface area (Å²) in [5.74, 6) is -5.44. The smallest absolute Gasteiger partial charge is 0.288 e. The Morgan fingerprint density at radius 2 is 1.57 bits per heavy atom. The topological polar surface area (TPSA) is 29.1 Å². The molecule has 0 unspecified atom stereocenters. The van der Waals surface area contributed by atoms with Crippen LogP contribution in [-0.4, -0.2) is 11.7 Å². The van der Waals surface area contributed by atoms with E-state index in [-0.39, 0.29) is 5.69 Å². The monoisotopic (exact) mass is 315 g/mol. The number of hydrogen-bond acceptors (Lipinski definition) is 2. The van der Waals surface area contributed by atoms with E-state index in [0.29, 0.717) is 16.7 Å². The van der Waals surface area contributed by atoms with Gasteiger partial charge in [-0.1, -0.05) is 17.8 Å². The lowest BCUT2D eigenvalue weighted by molar-refractivity contribution is 0.101. The van der Waals surface area contributed by atoms with E-state index in [2.05, 4.69) is 5.32 Å². The van der Waals surface area contributed by atoms with Crippen LogP contribution < -0.4 is 5.32 Å². The molecule has 0 atom stereocenters. The second kappa shape index (κ2) is 6.62. The summed E-state index contributed by atoms with van der Waals surface area (Å²) in [6, 6.07) is 8.61. The van der Waals surface area contributed by atoms with Gasteiger partial charge in [0.1, 0.15) is 17.2 Å². The first-order valence-corrected chi connectivity index (χ1v) is 6.65. The molecule has 1 amide bonds. The Labute approximate surface area is 122 Å². The van der Waals surface area contributed by atoms with Gasteiger partial charge in [-0.2, -0.15) is 8.78 Å². The SMILES string of the molecule is O=C(Nc1ccc(SC(F)F)cc1)c1c(F)cccc1F. The van der Waals surface area contributed by atoms with Crippen LogP contribution in [-0.2, 0) is 0 Å². The molecule has 0 saturated heterocycles. The first-order chi connectivity index (χ1) is 9.97. The van der Waals surface area contributed by atoms with Crippen molar-refractivity contribution in [1.29, 1.82) is 0 Å². The summed E-state index contributed by atoms with van der Waals surface area (Å²) in [4.78, 5) is 12.1. The van der Waals surface area contributed by atoms with E-state index in [1.54, 1.807) is 0 Å². The minimum Gasteiger partial charge on any atom is -0.322 e. The number of benzene rings is 2. The van der Waals surface area contributed by atoms with Crippen molar-refractivity contribution in [3.05, 3.63) is 59.7 Å². The summed E-state index contributed by atoms with van der Waals surface area (Å²) in [5.41, 5.74) is -0.440. The van der Waals surface area contributed by atoms with Gasteiger partial charge in [0.25, 0.3) is 11.7 Å².